The van der Waals surface area contributed by atoms with E-state index in [-0.39, 0.29) is 6.61 Å². The van der Waals surface area contributed by atoms with E-state index in [1.54, 1.807) is 0 Å². The van der Waals surface area contributed by atoms with Gasteiger partial charge in [-0.2, -0.15) is 0 Å². The molecule has 0 spiro atoms. The second-order valence-corrected chi connectivity index (χ2v) is 2.16. The molecule has 1 aliphatic heterocycles. The predicted molar refractivity (Wildman–Crippen MR) is 37.1 cm³/mol. The third kappa shape index (κ3) is 2.05. The number of hydrogen-bond acceptors (Lipinski definition) is 3. The van der Waals surface area contributed by atoms with Crippen molar-refractivity contribution in [2.45, 2.75) is 12.8 Å². The molecule has 1 aliphatic rings. The van der Waals surface area contributed by atoms with Crippen LogP contribution in [-0.2, 0) is 4.74 Å². The van der Waals surface area contributed by atoms with Crippen molar-refractivity contribution in [3.8, 4) is 0 Å². The predicted octanol–water partition coefficient (Wildman–Crippen LogP) is 0.317. The van der Waals surface area contributed by atoms with Crippen LogP contribution >= 0.6 is 0 Å². The lowest BCUT2D eigenvalue weighted by atomic mass is 10.3. The summed E-state index contributed by atoms with van der Waals surface area (Å²) in [6, 6.07) is 0. The van der Waals surface area contributed by atoms with Crippen LogP contribution in [-0.4, -0.2) is 25.0 Å². The zero-order valence-corrected chi connectivity index (χ0v) is 5.67. The van der Waals surface area contributed by atoms with Gasteiger partial charge < -0.3 is 10.5 Å². The first-order valence-electron chi connectivity index (χ1n) is 3.23. The number of amides is 1. The number of nitrogens with two attached hydrogens (primary N) is 1. The summed E-state index contributed by atoms with van der Waals surface area (Å²) in [6.45, 7) is 1.13. The first kappa shape index (κ1) is 7.05. The standard InChI is InChI=1S/C6H10N2O2/c7-6(9)10-4-5-2-1-3-8-5/h1-4H2,(H2,7,9). The maximum absolute atomic E-state index is 10.1. The van der Waals surface area contributed by atoms with Crippen LogP contribution in [0.1, 0.15) is 12.8 Å². The van der Waals surface area contributed by atoms with Gasteiger partial charge in [-0.25, -0.2) is 4.79 Å². The fraction of sp³-hybridized carbons (Fsp3) is 0.667. The third-order valence-corrected chi connectivity index (χ3v) is 1.34. The summed E-state index contributed by atoms with van der Waals surface area (Å²) in [5, 5.41) is 0. The Morgan fingerprint density at radius 1 is 1.80 bits per heavy atom. The number of rotatable bonds is 2. The van der Waals surface area contributed by atoms with Crippen molar-refractivity contribution in [1.82, 2.24) is 0 Å². The van der Waals surface area contributed by atoms with E-state index in [9.17, 15) is 4.79 Å². The Morgan fingerprint density at radius 2 is 2.60 bits per heavy atom. The fourth-order valence-corrected chi connectivity index (χ4v) is 0.872. The monoisotopic (exact) mass is 142 g/mol. The molecule has 1 amide bonds. The molecule has 10 heavy (non-hydrogen) atoms. The molecule has 0 atom stereocenters. The highest BCUT2D eigenvalue weighted by Crippen LogP contribution is 2.03. The summed E-state index contributed by atoms with van der Waals surface area (Å²) >= 11 is 0. The van der Waals surface area contributed by atoms with Crippen LogP contribution in [0, 0.1) is 0 Å². The van der Waals surface area contributed by atoms with Gasteiger partial charge in [0.05, 0.1) is 0 Å². The molecule has 2 N–H and O–H groups in total. The lowest BCUT2D eigenvalue weighted by Crippen LogP contribution is -2.17. The zero-order valence-electron chi connectivity index (χ0n) is 5.67. The molecule has 0 saturated heterocycles. The fourth-order valence-electron chi connectivity index (χ4n) is 0.872. The van der Waals surface area contributed by atoms with E-state index in [4.69, 9.17) is 5.73 Å². The Balaban J connectivity index is 2.19. The van der Waals surface area contributed by atoms with Crippen LogP contribution in [0.3, 0.4) is 0 Å². The minimum absolute atomic E-state index is 0.273. The van der Waals surface area contributed by atoms with Crippen LogP contribution in [0.4, 0.5) is 4.79 Å². The van der Waals surface area contributed by atoms with Crippen molar-refractivity contribution in [3.63, 3.8) is 0 Å². The van der Waals surface area contributed by atoms with Crippen LogP contribution in [0.5, 0.6) is 0 Å². The van der Waals surface area contributed by atoms with Gasteiger partial charge in [0.2, 0.25) is 0 Å². The number of aliphatic imine (C=N–C) groups is 1. The van der Waals surface area contributed by atoms with Crippen molar-refractivity contribution in [2.24, 2.45) is 10.7 Å². The van der Waals surface area contributed by atoms with Gasteiger partial charge in [0.1, 0.15) is 6.61 Å². The maximum Gasteiger partial charge on any atom is 0.404 e. The molecule has 1 heterocycles. The zero-order chi connectivity index (χ0) is 7.40. The van der Waals surface area contributed by atoms with E-state index >= 15 is 0 Å². The van der Waals surface area contributed by atoms with E-state index in [0.29, 0.717) is 0 Å². The topological polar surface area (TPSA) is 64.7 Å². The number of hydrogen-bond donors (Lipinski definition) is 1. The first-order chi connectivity index (χ1) is 4.79. The smallest absolute Gasteiger partial charge is 0.404 e. The van der Waals surface area contributed by atoms with Crippen LogP contribution in [0.2, 0.25) is 0 Å². The second kappa shape index (κ2) is 3.20. The van der Waals surface area contributed by atoms with Gasteiger partial charge in [0, 0.05) is 12.3 Å². The molecule has 0 aromatic carbocycles. The van der Waals surface area contributed by atoms with Crippen LogP contribution < -0.4 is 5.73 Å². The third-order valence-electron chi connectivity index (χ3n) is 1.34. The van der Waals surface area contributed by atoms with Crippen LogP contribution in [0.25, 0.3) is 0 Å². The normalized spacial score (nSPS) is 16.6. The molecule has 0 bridgehead atoms. The molecular weight excluding hydrogens is 132 g/mol. The van der Waals surface area contributed by atoms with Crippen molar-refractivity contribution in [1.29, 1.82) is 0 Å². The number of nitrogens with zero attached hydrogens (tertiary/aromatic N) is 1. The Hall–Kier alpha value is -1.06. The summed E-state index contributed by atoms with van der Waals surface area (Å²) in [7, 11) is 0. The van der Waals surface area contributed by atoms with Crippen molar-refractivity contribution >= 4 is 11.8 Å². The van der Waals surface area contributed by atoms with E-state index in [2.05, 4.69) is 9.73 Å². The minimum atomic E-state index is -0.727. The molecular formula is C6H10N2O2. The van der Waals surface area contributed by atoms with Gasteiger partial charge in [-0.05, 0) is 12.8 Å². The molecule has 0 fully saturated rings. The molecule has 4 heteroatoms. The molecule has 1 rings (SSSR count). The van der Waals surface area contributed by atoms with Crippen molar-refractivity contribution < 1.29 is 9.53 Å². The lowest BCUT2D eigenvalue weighted by molar-refractivity contribution is 0.172. The molecule has 0 aromatic rings. The summed E-state index contributed by atoms with van der Waals surface area (Å²) in [4.78, 5) is 14.2. The molecule has 0 radical (unpaired) electrons. The van der Waals surface area contributed by atoms with Gasteiger partial charge in [0.15, 0.2) is 0 Å². The maximum atomic E-state index is 10.1. The number of carbonyl (C=O) groups is 1. The van der Waals surface area contributed by atoms with E-state index in [1.165, 1.54) is 0 Å². The summed E-state index contributed by atoms with van der Waals surface area (Å²) < 4.78 is 4.53. The average Bonchev–Trinajstić information content (AvgIpc) is 2.34. The summed E-state index contributed by atoms with van der Waals surface area (Å²) in [5.41, 5.74) is 5.70. The van der Waals surface area contributed by atoms with Gasteiger partial charge in [0.25, 0.3) is 0 Å². The Morgan fingerprint density at radius 3 is 3.10 bits per heavy atom. The Labute approximate surface area is 59.1 Å². The van der Waals surface area contributed by atoms with E-state index in [0.717, 1.165) is 25.1 Å². The molecule has 56 valence electrons. The van der Waals surface area contributed by atoms with Crippen molar-refractivity contribution in [2.75, 3.05) is 13.2 Å². The Kier molecular flexibility index (Phi) is 2.25. The summed E-state index contributed by atoms with van der Waals surface area (Å²) in [6.07, 6.45) is 1.28. The molecule has 0 saturated carbocycles. The molecule has 0 unspecified atom stereocenters. The van der Waals surface area contributed by atoms with Gasteiger partial charge >= 0.3 is 6.09 Å². The lowest BCUT2D eigenvalue weighted by Gasteiger charge is -1.98. The highest BCUT2D eigenvalue weighted by atomic mass is 16.5. The van der Waals surface area contributed by atoms with E-state index in [1.807, 2.05) is 0 Å². The summed E-state index contributed by atoms with van der Waals surface area (Å²) in [5.74, 6) is 0. The molecule has 0 aromatic heterocycles. The Bertz CT molecular complexity index is 165. The van der Waals surface area contributed by atoms with E-state index < -0.39 is 6.09 Å². The van der Waals surface area contributed by atoms with Crippen LogP contribution in [0.15, 0.2) is 4.99 Å². The molecule has 0 aliphatic carbocycles. The SMILES string of the molecule is NC(=O)OCC1=NCCC1. The molecule has 4 nitrogen and oxygen atoms in total. The first-order valence-corrected chi connectivity index (χ1v) is 3.23. The number of primary amides is 1. The quantitative estimate of drug-likeness (QED) is 0.603. The van der Waals surface area contributed by atoms with Crippen molar-refractivity contribution in [3.05, 3.63) is 0 Å². The van der Waals surface area contributed by atoms with Gasteiger partial charge in [-0.15, -0.1) is 0 Å². The largest absolute Gasteiger partial charge is 0.444 e. The highest BCUT2D eigenvalue weighted by molar-refractivity contribution is 5.88. The van der Waals surface area contributed by atoms with Gasteiger partial charge in [-0.1, -0.05) is 0 Å². The van der Waals surface area contributed by atoms with Gasteiger partial charge in [-0.3, -0.25) is 4.99 Å². The second-order valence-electron chi connectivity index (χ2n) is 2.16. The minimum Gasteiger partial charge on any atom is -0.444 e. The number of carbonyl (C=O) groups excluding carboxylic acids is 1. The highest BCUT2D eigenvalue weighted by Gasteiger charge is 2.06. The number of ether oxygens (including phenoxy) is 1. The average molecular weight is 142 g/mol.